The molecule has 0 unspecified atom stereocenters. The lowest BCUT2D eigenvalue weighted by Crippen LogP contribution is -1.98. The zero-order chi connectivity index (χ0) is 17.7. The van der Waals surface area contributed by atoms with Gasteiger partial charge in [-0.05, 0) is 48.8 Å². The first kappa shape index (κ1) is 17.9. The minimum absolute atomic E-state index is 0.135. The number of rotatable bonds is 3. The van der Waals surface area contributed by atoms with E-state index in [-0.39, 0.29) is 11.4 Å². The van der Waals surface area contributed by atoms with Crippen LogP contribution in [-0.2, 0) is 12.8 Å². The molecule has 2 aromatic rings. The van der Waals surface area contributed by atoms with Gasteiger partial charge in [-0.2, -0.15) is 4.99 Å². The first-order valence-corrected chi connectivity index (χ1v) is 7.81. The summed E-state index contributed by atoms with van der Waals surface area (Å²) in [5, 5.41) is 1.93. The van der Waals surface area contributed by atoms with Gasteiger partial charge in [0.15, 0.2) is 11.6 Å². The summed E-state index contributed by atoms with van der Waals surface area (Å²) in [5.74, 6) is 3.44. The van der Waals surface area contributed by atoms with Crippen LogP contribution in [0.5, 0.6) is 0 Å². The molecule has 0 heterocycles. The second kappa shape index (κ2) is 7.92. The Kier molecular flexibility index (Phi) is 5.92. The molecule has 0 amide bonds. The molecular weight excluding hydrogens is 331 g/mol. The molecule has 1 nitrogen and oxygen atoms in total. The van der Waals surface area contributed by atoms with Crippen LogP contribution in [0.4, 0.5) is 18.9 Å². The van der Waals surface area contributed by atoms with Gasteiger partial charge < -0.3 is 0 Å². The van der Waals surface area contributed by atoms with Gasteiger partial charge in [-0.15, -0.1) is 0 Å². The minimum Gasteiger partial charge on any atom is -0.206 e. The highest BCUT2D eigenvalue weighted by atomic mass is 32.1. The topological polar surface area (TPSA) is 12.4 Å². The quantitative estimate of drug-likeness (QED) is 0.414. The second-order valence-electron chi connectivity index (χ2n) is 5.01. The van der Waals surface area contributed by atoms with Crippen molar-refractivity contribution in [3.05, 3.63) is 64.0 Å². The smallest absolute Gasteiger partial charge is 0.153 e. The number of halogens is 3. The number of aryl methyl sites for hydroxylation is 1. The molecule has 0 aliphatic carbocycles. The number of thiocarbonyl (C=S) groups is 1. The number of isothiocyanates is 1. The van der Waals surface area contributed by atoms with Crippen molar-refractivity contribution >= 4 is 23.1 Å². The van der Waals surface area contributed by atoms with Crippen LogP contribution in [-0.4, -0.2) is 5.16 Å². The van der Waals surface area contributed by atoms with Crippen LogP contribution in [0.1, 0.15) is 36.1 Å². The third kappa shape index (κ3) is 3.73. The zero-order valence-corrected chi connectivity index (χ0v) is 14.0. The van der Waals surface area contributed by atoms with E-state index in [2.05, 4.69) is 29.1 Å². The van der Waals surface area contributed by atoms with Gasteiger partial charge in [0.25, 0.3) is 0 Å². The Bertz CT molecular complexity index is 864. The third-order valence-electron chi connectivity index (χ3n) is 3.57. The maximum Gasteiger partial charge on any atom is 0.153 e. The maximum atomic E-state index is 14.3. The number of nitrogens with zero attached hydrogens (tertiary/aromatic N) is 1. The Balaban J connectivity index is 2.48. The lowest BCUT2D eigenvalue weighted by molar-refractivity contribution is 0.587. The van der Waals surface area contributed by atoms with Crippen LogP contribution in [0.3, 0.4) is 0 Å². The van der Waals surface area contributed by atoms with Crippen LogP contribution in [0.2, 0.25) is 0 Å². The second-order valence-corrected chi connectivity index (χ2v) is 5.20. The summed E-state index contributed by atoms with van der Waals surface area (Å²) >= 11 is 4.35. The van der Waals surface area contributed by atoms with Gasteiger partial charge in [-0.1, -0.05) is 31.8 Å². The molecule has 0 aliphatic heterocycles. The highest BCUT2D eigenvalue weighted by Crippen LogP contribution is 2.23. The van der Waals surface area contributed by atoms with Crippen molar-refractivity contribution in [1.29, 1.82) is 0 Å². The van der Waals surface area contributed by atoms with E-state index in [1.165, 1.54) is 0 Å². The largest absolute Gasteiger partial charge is 0.206 e. The van der Waals surface area contributed by atoms with Gasteiger partial charge in [0.2, 0.25) is 0 Å². The van der Waals surface area contributed by atoms with Crippen molar-refractivity contribution in [1.82, 2.24) is 0 Å². The number of hydrogen-bond acceptors (Lipinski definition) is 2. The minimum atomic E-state index is -0.875. The van der Waals surface area contributed by atoms with Gasteiger partial charge in [-0.25, -0.2) is 13.2 Å². The molecule has 122 valence electrons. The van der Waals surface area contributed by atoms with E-state index in [0.29, 0.717) is 29.5 Å². The fourth-order valence-electron chi connectivity index (χ4n) is 2.34. The van der Waals surface area contributed by atoms with E-state index in [0.717, 1.165) is 12.1 Å². The fourth-order valence-corrected chi connectivity index (χ4v) is 2.43. The summed E-state index contributed by atoms with van der Waals surface area (Å²) in [6, 6.07) is 5.52. The van der Waals surface area contributed by atoms with Gasteiger partial charge in [0.1, 0.15) is 11.5 Å². The summed E-state index contributed by atoms with van der Waals surface area (Å²) in [4.78, 5) is 3.34. The molecule has 2 aromatic carbocycles. The average molecular weight is 345 g/mol. The summed E-state index contributed by atoms with van der Waals surface area (Å²) in [6.07, 6.45) is 1.07. The Morgan fingerprint density at radius 1 is 1.00 bits per heavy atom. The molecule has 0 aliphatic rings. The van der Waals surface area contributed by atoms with Crippen molar-refractivity contribution in [2.75, 3.05) is 0 Å². The highest BCUT2D eigenvalue weighted by Gasteiger charge is 2.11. The molecule has 0 bridgehead atoms. The van der Waals surface area contributed by atoms with E-state index in [9.17, 15) is 13.2 Å². The van der Waals surface area contributed by atoms with Crippen molar-refractivity contribution in [3.63, 3.8) is 0 Å². The number of hydrogen-bond donors (Lipinski definition) is 0. The molecule has 0 radical (unpaired) electrons. The van der Waals surface area contributed by atoms with E-state index >= 15 is 0 Å². The van der Waals surface area contributed by atoms with Crippen LogP contribution in [0, 0.1) is 29.3 Å². The molecule has 0 atom stereocenters. The fraction of sp³-hybridized carbons (Fsp3) is 0.211. The van der Waals surface area contributed by atoms with Crippen molar-refractivity contribution in [2.45, 2.75) is 26.7 Å². The van der Waals surface area contributed by atoms with Gasteiger partial charge >= 0.3 is 0 Å². The Labute approximate surface area is 144 Å². The molecule has 0 N–H and O–H groups in total. The Hall–Kier alpha value is -2.41. The molecule has 2 rings (SSSR count). The molecule has 0 spiro atoms. The summed E-state index contributed by atoms with van der Waals surface area (Å²) in [7, 11) is 0. The SMILES string of the molecule is CCc1ccc(C#Cc2cc(F)c(N=C=S)c(F)c2)c(CC)c1F. The normalized spacial score (nSPS) is 9.88. The number of aliphatic imine (C=N–C) groups is 1. The summed E-state index contributed by atoms with van der Waals surface area (Å²) < 4.78 is 41.9. The van der Waals surface area contributed by atoms with Crippen LogP contribution in [0.25, 0.3) is 0 Å². The molecule has 24 heavy (non-hydrogen) atoms. The first-order chi connectivity index (χ1) is 11.5. The summed E-state index contributed by atoms with van der Waals surface area (Å²) in [6.45, 7) is 3.71. The summed E-state index contributed by atoms with van der Waals surface area (Å²) in [5.41, 5.74) is 1.27. The lowest BCUT2D eigenvalue weighted by Gasteiger charge is -2.07. The van der Waals surface area contributed by atoms with Crippen LogP contribution >= 0.6 is 12.2 Å². The van der Waals surface area contributed by atoms with Crippen molar-refractivity contribution in [3.8, 4) is 11.8 Å². The zero-order valence-electron chi connectivity index (χ0n) is 13.2. The highest BCUT2D eigenvalue weighted by molar-refractivity contribution is 7.78. The van der Waals surface area contributed by atoms with E-state index in [4.69, 9.17) is 0 Å². The monoisotopic (exact) mass is 345 g/mol. The van der Waals surface area contributed by atoms with E-state index in [1.54, 1.807) is 12.1 Å². The van der Waals surface area contributed by atoms with Gasteiger partial charge in [0, 0.05) is 16.7 Å². The van der Waals surface area contributed by atoms with Crippen molar-refractivity contribution in [2.24, 2.45) is 4.99 Å². The van der Waals surface area contributed by atoms with Gasteiger partial charge in [0.05, 0.1) is 5.16 Å². The molecular formula is C19H14F3NS. The molecule has 0 fully saturated rings. The third-order valence-corrected chi connectivity index (χ3v) is 3.66. The maximum absolute atomic E-state index is 14.3. The van der Waals surface area contributed by atoms with E-state index < -0.39 is 17.3 Å². The first-order valence-electron chi connectivity index (χ1n) is 7.40. The van der Waals surface area contributed by atoms with Crippen LogP contribution < -0.4 is 0 Å². The Morgan fingerprint density at radius 2 is 1.67 bits per heavy atom. The number of benzene rings is 2. The predicted molar refractivity (Wildman–Crippen MR) is 92.2 cm³/mol. The van der Waals surface area contributed by atoms with E-state index in [1.807, 2.05) is 19.0 Å². The predicted octanol–water partition coefficient (Wildman–Crippen LogP) is 5.36. The lowest BCUT2D eigenvalue weighted by atomic mass is 9.99. The molecule has 0 aromatic heterocycles. The van der Waals surface area contributed by atoms with Gasteiger partial charge in [-0.3, -0.25) is 0 Å². The standard InChI is InChI=1S/C19H14F3NS/c1-3-13-7-8-14(15(4-2)18(13)22)6-5-12-9-16(20)19(23-11-24)17(21)10-12/h7-10H,3-4H2,1-2H3. The Morgan fingerprint density at radius 3 is 2.21 bits per heavy atom. The molecule has 0 saturated carbocycles. The van der Waals surface area contributed by atoms with Crippen molar-refractivity contribution < 1.29 is 13.2 Å². The van der Waals surface area contributed by atoms with Crippen LogP contribution in [0.15, 0.2) is 29.3 Å². The molecule has 0 saturated heterocycles. The molecule has 5 heteroatoms. The average Bonchev–Trinajstić information content (AvgIpc) is 2.56.